The number of halogens is 5. The molecule has 8 nitrogen and oxygen atoms in total. The van der Waals surface area contributed by atoms with Crippen molar-refractivity contribution in [3.63, 3.8) is 0 Å². The highest BCUT2D eigenvalue weighted by molar-refractivity contribution is 5.91. The van der Waals surface area contributed by atoms with Crippen LogP contribution in [0.4, 0.5) is 38.3 Å². The Balaban J connectivity index is 0.000000603. The predicted molar refractivity (Wildman–Crippen MR) is 182 cm³/mol. The quantitative estimate of drug-likeness (QED) is 0.243. The number of rotatable bonds is 10. The number of morpholine rings is 1. The van der Waals surface area contributed by atoms with Crippen LogP contribution in [0.25, 0.3) is 11.1 Å². The highest BCUT2D eigenvalue weighted by Gasteiger charge is 2.31. The topological polar surface area (TPSA) is 87.2 Å². The summed E-state index contributed by atoms with van der Waals surface area (Å²) in [7, 11) is 0. The first-order valence-electron chi connectivity index (χ1n) is 16.9. The number of aromatic nitrogens is 1. The van der Waals surface area contributed by atoms with Crippen LogP contribution in [-0.4, -0.2) is 86.0 Å². The van der Waals surface area contributed by atoms with E-state index in [1.807, 2.05) is 40.7 Å². The van der Waals surface area contributed by atoms with Crippen LogP contribution in [0.3, 0.4) is 0 Å². The number of alkyl halides is 4. The molecule has 2 aliphatic rings. The zero-order valence-electron chi connectivity index (χ0n) is 29.6. The predicted octanol–water partition coefficient (Wildman–Crippen LogP) is 8.80. The number of carbonyl (C=O) groups excluding carboxylic acids is 1. The maximum atomic E-state index is 14.7. The molecule has 2 fully saturated rings. The molecule has 1 atom stereocenters. The van der Waals surface area contributed by atoms with Gasteiger partial charge in [-0.25, -0.2) is 26.7 Å². The first-order valence-corrected chi connectivity index (χ1v) is 16.9. The second-order valence-corrected chi connectivity index (χ2v) is 11.4. The zero-order valence-corrected chi connectivity index (χ0v) is 29.6. The van der Waals surface area contributed by atoms with E-state index >= 15 is 0 Å². The van der Waals surface area contributed by atoms with Crippen molar-refractivity contribution in [1.29, 1.82) is 0 Å². The van der Waals surface area contributed by atoms with Gasteiger partial charge < -0.3 is 29.7 Å². The Morgan fingerprint density at radius 1 is 1.08 bits per heavy atom. The Bertz CT molecular complexity index is 1200. The maximum Gasteiger partial charge on any atom is 0.321 e. The maximum absolute atomic E-state index is 14.7. The molecule has 2 N–H and O–H groups in total. The van der Waals surface area contributed by atoms with Gasteiger partial charge in [-0.2, -0.15) is 4.98 Å². The second-order valence-electron chi connectivity index (χ2n) is 11.4. The first-order chi connectivity index (χ1) is 22.8. The molecular weight excluding hydrogens is 635 g/mol. The Morgan fingerprint density at radius 2 is 1.69 bits per heavy atom. The van der Waals surface area contributed by atoms with Gasteiger partial charge in [-0.05, 0) is 81.3 Å². The third-order valence-corrected chi connectivity index (χ3v) is 7.57. The Hall–Kier alpha value is -3.19. The number of hydrogen-bond donors (Lipinski definition) is 2. The molecule has 2 aliphatic heterocycles. The number of amides is 2. The third kappa shape index (κ3) is 14.9. The fourth-order valence-corrected chi connectivity index (χ4v) is 5.18. The Kier molecular flexibility index (Phi) is 20.0. The van der Waals surface area contributed by atoms with E-state index in [4.69, 9.17) is 14.6 Å². The molecule has 1 aromatic carbocycles. The van der Waals surface area contributed by atoms with Crippen LogP contribution < -0.4 is 15.0 Å². The highest BCUT2D eigenvalue weighted by atomic mass is 19.3. The normalized spacial score (nSPS) is 15.0. The number of anilines is 2. The van der Waals surface area contributed by atoms with Gasteiger partial charge in [0.2, 0.25) is 18.2 Å². The fourth-order valence-electron chi connectivity index (χ4n) is 5.18. The Morgan fingerprint density at radius 3 is 2.19 bits per heavy atom. The average molecular weight is 691 g/mol. The molecule has 0 aliphatic carbocycles. The summed E-state index contributed by atoms with van der Waals surface area (Å²) < 4.78 is 71.5. The summed E-state index contributed by atoms with van der Waals surface area (Å²) in [6, 6.07) is 6.51. The van der Waals surface area contributed by atoms with Crippen LogP contribution in [0.5, 0.6) is 5.88 Å². The second kappa shape index (κ2) is 22.4. The number of benzene rings is 1. The van der Waals surface area contributed by atoms with Crippen molar-refractivity contribution < 1.29 is 41.3 Å². The number of aryl methyl sites for hydroxylation is 1. The van der Waals surface area contributed by atoms with E-state index in [0.29, 0.717) is 58.1 Å². The fraction of sp³-hybridized carbons (Fsp3) is 0.657. The van der Waals surface area contributed by atoms with Gasteiger partial charge in [0.1, 0.15) is 18.2 Å². The lowest BCUT2D eigenvalue weighted by Crippen LogP contribution is -2.36. The molecule has 0 bridgehead atoms. The van der Waals surface area contributed by atoms with Crippen molar-refractivity contribution in [2.45, 2.75) is 92.9 Å². The highest BCUT2D eigenvalue weighted by Crippen LogP contribution is 2.34. The molecule has 1 aromatic heterocycles. The average Bonchev–Trinajstić information content (AvgIpc) is 3.60. The molecule has 2 amide bonds. The van der Waals surface area contributed by atoms with Crippen LogP contribution in [0, 0.1) is 18.7 Å². The molecule has 2 saturated heterocycles. The number of urea groups is 1. The van der Waals surface area contributed by atoms with E-state index in [1.54, 1.807) is 17.0 Å². The lowest BCUT2D eigenvalue weighted by Gasteiger charge is -2.28. The molecule has 3 heterocycles. The standard InChI is InChI=1S/C23H29FN4O4.C8H16F2.C2H4F2.C2H6/c1-16-12-19(24)20(25-23(30)28-4-2-3-5-28)15-18(16)17-13-21(27-6-9-31-10-7-27)26-22(14-17)32-11-8-29;1-4-6-7(5-2)8(3,9)10;1-2(3)4;1-2/h12-15,29H,2-11H2,1H3,(H,25,30);7H,4-6H2,1-3H3;2H,1H3;1-2H3. The number of pyridine rings is 1. The van der Waals surface area contributed by atoms with Gasteiger partial charge in [0, 0.05) is 38.2 Å². The SMILES string of the molecule is CC.CC(F)F.CCCC(CC)C(C)(F)F.Cc1cc(F)c(NC(=O)N2CCCC2)cc1-c1cc(OCCO)nc(N2CCOCC2)c1. The van der Waals surface area contributed by atoms with Crippen molar-refractivity contribution in [2.75, 3.05) is 62.8 Å². The van der Waals surface area contributed by atoms with E-state index in [-0.39, 0.29) is 24.9 Å². The zero-order chi connectivity index (χ0) is 36.3. The van der Waals surface area contributed by atoms with Crippen LogP contribution >= 0.6 is 0 Å². The summed E-state index contributed by atoms with van der Waals surface area (Å²) in [5, 5.41) is 11.9. The van der Waals surface area contributed by atoms with E-state index in [1.165, 1.54) is 6.07 Å². The smallest absolute Gasteiger partial charge is 0.321 e. The van der Waals surface area contributed by atoms with E-state index < -0.39 is 24.1 Å². The van der Waals surface area contributed by atoms with Gasteiger partial charge >= 0.3 is 6.03 Å². The third-order valence-electron chi connectivity index (χ3n) is 7.57. The number of likely N-dealkylation sites (tertiary alicyclic amines) is 1. The molecule has 0 saturated carbocycles. The summed E-state index contributed by atoms with van der Waals surface area (Å²) >= 11 is 0. The van der Waals surface area contributed by atoms with Crippen LogP contribution in [0.1, 0.15) is 79.2 Å². The molecule has 4 rings (SSSR count). The lowest BCUT2D eigenvalue weighted by atomic mass is 9.95. The minimum Gasteiger partial charge on any atom is -0.475 e. The molecule has 274 valence electrons. The van der Waals surface area contributed by atoms with E-state index in [0.717, 1.165) is 55.6 Å². The number of nitrogens with zero attached hydrogens (tertiary/aromatic N) is 3. The monoisotopic (exact) mass is 690 g/mol. The van der Waals surface area contributed by atoms with Crippen molar-refractivity contribution >= 4 is 17.5 Å². The van der Waals surface area contributed by atoms with Crippen molar-refractivity contribution in [3.8, 4) is 17.0 Å². The van der Waals surface area contributed by atoms with Gasteiger partial charge in [0.15, 0.2) is 0 Å². The summed E-state index contributed by atoms with van der Waals surface area (Å²) in [5.41, 5.74) is 2.44. The minimum absolute atomic E-state index is 0.124. The van der Waals surface area contributed by atoms with Crippen LogP contribution in [0.2, 0.25) is 0 Å². The summed E-state index contributed by atoms with van der Waals surface area (Å²) in [6.07, 6.45) is 1.83. The number of nitrogens with one attached hydrogen (secondary N) is 1. The molecule has 13 heteroatoms. The van der Waals surface area contributed by atoms with Gasteiger partial charge in [-0.15, -0.1) is 0 Å². The van der Waals surface area contributed by atoms with Gasteiger partial charge in [-0.1, -0.05) is 34.1 Å². The summed E-state index contributed by atoms with van der Waals surface area (Å²) in [5.74, 6) is -2.27. The number of ether oxygens (including phenoxy) is 2. The van der Waals surface area contributed by atoms with Gasteiger partial charge in [0.25, 0.3) is 0 Å². The largest absolute Gasteiger partial charge is 0.475 e. The van der Waals surface area contributed by atoms with E-state index in [9.17, 15) is 26.7 Å². The number of hydrogen-bond acceptors (Lipinski definition) is 6. The lowest BCUT2D eigenvalue weighted by molar-refractivity contribution is -0.0443. The van der Waals surface area contributed by atoms with Crippen LogP contribution in [0.15, 0.2) is 24.3 Å². The minimum atomic E-state index is -2.48. The number of aliphatic hydroxyl groups is 1. The van der Waals surface area contributed by atoms with Gasteiger partial charge in [-0.3, -0.25) is 0 Å². The molecule has 0 spiro atoms. The van der Waals surface area contributed by atoms with Crippen molar-refractivity contribution in [1.82, 2.24) is 9.88 Å². The van der Waals surface area contributed by atoms with Crippen LogP contribution in [-0.2, 0) is 4.74 Å². The summed E-state index contributed by atoms with van der Waals surface area (Å²) in [6.45, 7) is 15.4. The molecular formula is C35H55F5N4O4. The molecule has 0 radical (unpaired) electrons. The first kappa shape index (κ1) is 42.8. The van der Waals surface area contributed by atoms with Crippen molar-refractivity contribution in [3.05, 3.63) is 35.6 Å². The molecule has 48 heavy (non-hydrogen) atoms. The number of carbonyl (C=O) groups is 1. The van der Waals surface area contributed by atoms with E-state index in [2.05, 4.69) is 15.2 Å². The Labute approximate surface area is 283 Å². The summed E-state index contributed by atoms with van der Waals surface area (Å²) in [4.78, 5) is 20.9. The molecule has 1 unspecified atom stereocenters. The van der Waals surface area contributed by atoms with Crippen molar-refractivity contribution in [2.24, 2.45) is 5.92 Å². The number of aliphatic hydroxyl groups excluding tert-OH is 1. The molecule has 2 aromatic rings. The van der Waals surface area contributed by atoms with Gasteiger partial charge in [0.05, 0.1) is 25.5 Å².